The molecular formula is C11H12N6O. The number of nitrogens with two attached hydrogens (primary N) is 1. The van der Waals surface area contributed by atoms with Crippen LogP contribution in [-0.2, 0) is 0 Å². The lowest BCUT2D eigenvalue weighted by Gasteiger charge is -1.99. The molecule has 3 N–H and O–H groups in total. The van der Waals surface area contributed by atoms with Gasteiger partial charge in [-0.3, -0.25) is 9.67 Å². The lowest BCUT2D eigenvalue weighted by atomic mass is 10.4. The summed E-state index contributed by atoms with van der Waals surface area (Å²) in [4.78, 5) is 8.50. The van der Waals surface area contributed by atoms with Gasteiger partial charge in [-0.2, -0.15) is 0 Å². The van der Waals surface area contributed by atoms with Crippen molar-refractivity contribution in [3.63, 3.8) is 0 Å². The molecule has 0 aliphatic heterocycles. The topological polar surface area (TPSA) is 94.6 Å². The Morgan fingerprint density at radius 3 is 3.17 bits per heavy atom. The summed E-state index contributed by atoms with van der Waals surface area (Å²) in [6.07, 6.45) is 1.67. The number of hydrogen-bond acceptors (Lipinski definition) is 5. The van der Waals surface area contributed by atoms with Gasteiger partial charge in [-0.05, 0) is 19.1 Å². The molecule has 0 aromatic carbocycles. The van der Waals surface area contributed by atoms with Crippen molar-refractivity contribution in [2.24, 2.45) is 0 Å². The quantitative estimate of drug-likeness (QED) is 0.720. The Kier molecular flexibility index (Phi) is 2.36. The monoisotopic (exact) mass is 244 g/mol. The van der Waals surface area contributed by atoms with Crippen molar-refractivity contribution < 1.29 is 4.74 Å². The molecule has 0 saturated heterocycles. The molecule has 3 aromatic rings. The van der Waals surface area contributed by atoms with Gasteiger partial charge in [0.2, 0.25) is 5.88 Å². The minimum Gasteiger partial charge on any atom is -0.477 e. The van der Waals surface area contributed by atoms with E-state index < -0.39 is 0 Å². The molecule has 0 unspecified atom stereocenters. The Balaban J connectivity index is 2.09. The molecule has 18 heavy (non-hydrogen) atoms. The van der Waals surface area contributed by atoms with Crippen molar-refractivity contribution in [2.75, 3.05) is 12.3 Å². The summed E-state index contributed by atoms with van der Waals surface area (Å²) in [5, 5.41) is 6.91. The second-order valence-corrected chi connectivity index (χ2v) is 3.72. The smallest absolute Gasteiger partial charge is 0.234 e. The lowest BCUT2D eigenvalue weighted by Crippen LogP contribution is -1.96. The summed E-state index contributed by atoms with van der Waals surface area (Å²) in [6, 6.07) is 5.34. The molecule has 0 amide bonds. The highest BCUT2D eigenvalue weighted by molar-refractivity contribution is 5.74. The zero-order chi connectivity index (χ0) is 12.5. The Bertz CT molecular complexity index is 686. The molecule has 3 rings (SSSR count). The zero-order valence-electron chi connectivity index (χ0n) is 9.79. The van der Waals surface area contributed by atoms with Gasteiger partial charge in [-0.1, -0.05) is 0 Å². The van der Waals surface area contributed by atoms with Crippen LogP contribution in [0.4, 0.5) is 5.82 Å². The number of pyridine rings is 1. The SMILES string of the molecule is CCOc1cc(-n2cnc3ccc(N)nc32)[nH]n1. The molecule has 0 spiro atoms. The van der Waals surface area contributed by atoms with E-state index in [1.54, 1.807) is 23.0 Å². The fourth-order valence-electron chi connectivity index (χ4n) is 1.72. The summed E-state index contributed by atoms with van der Waals surface area (Å²) in [7, 11) is 0. The summed E-state index contributed by atoms with van der Waals surface area (Å²) in [5.74, 6) is 1.73. The van der Waals surface area contributed by atoms with E-state index in [9.17, 15) is 0 Å². The predicted molar refractivity (Wildman–Crippen MR) is 66.6 cm³/mol. The van der Waals surface area contributed by atoms with Crippen molar-refractivity contribution in [1.82, 2.24) is 24.7 Å². The summed E-state index contributed by atoms with van der Waals surface area (Å²) < 4.78 is 7.08. The minimum absolute atomic E-state index is 0.453. The molecule has 3 heterocycles. The number of nitrogens with one attached hydrogen (secondary N) is 1. The normalized spacial score (nSPS) is 10.9. The highest BCUT2D eigenvalue weighted by Crippen LogP contribution is 2.18. The lowest BCUT2D eigenvalue weighted by molar-refractivity contribution is 0.326. The van der Waals surface area contributed by atoms with Crippen LogP contribution in [0.15, 0.2) is 24.5 Å². The van der Waals surface area contributed by atoms with Crippen LogP contribution >= 0.6 is 0 Å². The van der Waals surface area contributed by atoms with Gasteiger partial charge >= 0.3 is 0 Å². The molecule has 0 bridgehead atoms. The minimum atomic E-state index is 0.453. The average Bonchev–Trinajstić information content (AvgIpc) is 2.95. The first-order valence-corrected chi connectivity index (χ1v) is 5.56. The molecule has 0 aliphatic carbocycles. The van der Waals surface area contributed by atoms with Crippen LogP contribution < -0.4 is 10.5 Å². The maximum Gasteiger partial charge on any atom is 0.234 e. The second kappa shape index (κ2) is 4.02. The first-order chi connectivity index (χ1) is 8.78. The average molecular weight is 244 g/mol. The largest absolute Gasteiger partial charge is 0.477 e. The van der Waals surface area contributed by atoms with Gasteiger partial charge in [0.05, 0.1) is 6.61 Å². The first kappa shape index (κ1) is 10.6. The van der Waals surface area contributed by atoms with Gasteiger partial charge in [-0.15, -0.1) is 5.10 Å². The van der Waals surface area contributed by atoms with Gasteiger partial charge in [0.1, 0.15) is 23.5 Å². The van der Waals surface area contributed by atoms with Gasteiger partial charge in [0.25, 0.3) is 0 Å². The molecule has 0 radical (unpaired) electrons. The molecule has 92 valence electrons. The van der Waals surface area contributed by atoms with E-state index in [2.05, 4.69) is 20.2 Å². The highest BCUT2D eigenvalue weighted by Gasteiger charge is 2.09. The van der Waals surface area contributed by atoms with Crippen LogP contribution in [0.1, 0.15) is 6.92 Å². The fraction of sp³-hybridized carbons (Fsp3) is 0.182. The standard InChI is InChI=1S/C11H12N6O/c1-2-18-10-5-9(15-16-10)17-6-13-7-3-4-8(12)14-11(7)17/h3-6H,2H2,1H3,(H2,12,14)(H,15,16). The van der Waals surface area contributed by atoms with E-state index in [1.807, 2.05) is 13.0 Å². The van der Waals surface area contributed by atoms with Gasteiger partial charge in [-0.25, -0.2) is 9.97 Å². The van der Waals surface area contributed by atoms with Crippen LogP contribution in [0.5, 0.6) is 5.88 Å². The first-order valence-electron chi connectivity index (χ1n) is 5.56. The maximum absolute atomic E-state index is 5.68. The number of anilines is 1. The summed E-state index contributed by atoms with van der Waals surface area (Å²) in [5.41, 5.74) is 7.14. The third-order valence-corrected chi connectivity index (χ3v) is 2.51. The molecular weight excluding hydrogens is 232 g/mol. The molecule has 7 heteroatoms. The number of ether oxygens (including phenoxy) is 1. The van der Waals surface area contributed by atoms with E-state index in [0.717, 1.165) is 11.3 Å². The molecule has 0 fully saturated rings. The number of nitrogen functional groups attached to an aromatic ring is 1. The van der Waals surface area contributed by atoms with E-state index >= 15 is 0 Å². The van der Waals surface area contributed by atoms with Crippen molar-refractivity contribution in [2.45, 2.75) is 6.92 Å². The van der Waals surface area contributed by atoms with E-state index in [4.69, 9.17) is 10.5 Å². The number of aromatic nitrogens is 5. The molecule has 3 aromatic heterocycles. The second-order valence-electron chi connectivity index (χ2n) is 3.72. The van der Waals surface area contributed by atoms with Crippen LogP contribution in [0.2, 0.25) is 0 Å². The number of hydrogen-bond donors (Lipinski definition) is 2. The number of H-pyrrole nitrogens is 1. The van der Waals surface area contributed by atoms with Crippen molar-refractivity contribution >= 4 is 17.0 Å². The van der Waals surface area contributed by atoms with Crippen LogP contribution in [0.3, 0.4) is 0 Å². The van der Waals surface area contributed by atoms with E-state index in [0.29, 0.717) is 24.0 Å². The predicted octanol–water partition coefficient (Wildman–Crippen LogP) is 1.12. The van der Waals surface area contributed by atoms with Crippen molar-refractivity contribution in [1.29, 1.82) is 0 Å². The van der Waals surface area contributed by atoms with E-state index in [-0.39, 0.29) is 0 Å². The van der Waals surface area contributed by atoms with Gasteiger partial charge in [0.15, 0.2) is 5.65 Å². The third-order valence-electron chi connectivity index (χ3n) is 2.51. The fourth-order valence-corrected chi connectivity index (χ4v) is 1.72. The summed E-state index contributed by atoms with van der Waals surface area (Å²) >= 11 is 0. The number of fused-ring (bicyclic) bond motifs is 1. The van der Waals surface area contributed by atoms with Crippen LogP contribution in [0.25, 0.3) is 17.0 Å². The Hall–Kier alpha value is -2.57. The van der Waals surface area contributed by atoms with Crippen molar-refractivity contribution in [3.8, 4) is 11.7 Å². The molecule has 0 saturated carbocycles. The number of imidazole rings is 1. The van der Waals surface area contributed by atoms with Crippen LogP contribution in [0, 0.1) is 0 Å². The maximum atomic E-state index is 5.68. The zero-order valence-corrected chi connectivity index (χ0v) is 9.79. The van der Waals surface area contributed by atoms with Crippen molar-refractivity contribution in [3.05, 3.63) is 24.5 Å². The number of nitrogens with zero attached hydrogens (tertiary/aromatic N) is 4. The number of rotatable bonds is 3. The Labute approximate surface area is 103 Å². The van der Waals surface area contributed by atoms with E-state index in [1.165, 1.54) is 0 Å². The third kappa shape index (κ3) is 1.65. The van der Waals surface area contributed by atoms with Gasteiger partial charge < -0.3 is 10.5 Å². The van der Waals surface area contributed by atoms with Gasteiger partial charge in [0, 0.05) is 6.07 Å². The molecule has 0 atom stereocenters. The Morgan fingerprint density at radius 2 is 2.33 bits per heavy atom. The molecule has 0 aliphatic rings. The summed E-state index contributed by atoms with van der Waals surface area (Å²) in [6.45, 7) is 2.48. The highest BCUT2D eigenvalue weighted by atomic mass is 16.5. The van der Waals surface area contributed by atoms with Crippen LogP contribution in [-0.4, -0.2) is 31.3 Å². The Morgan fingerprint density at radius 1 is 1.44 bits per heavy atom. The molecule has 7 nitrogen and oxygen atoms in total. The number of aromatic amines is 1.